The van der Waals surface area contributed by atoms with E-state index in [4.69, 9.17) is 4.74 Å². The molecule has 0 aliphatic carbocycles. The number of benzene rings is 1. The largest absolute Gasteiger partial charge is 0.432 e. The molecule has 0 unspecified atom stereocenters. The smallest absolute Gasteiger partial charge is 0.352 e. The van der Waals surface area contributed by atoms with E-state index in [1.807, 2.05) is 13.0 Å². The van der Waals surface area contributed by atoms with E-state index in [0.717, 1.165) is 0 Å². The van der Waals surface area contributed by atoms with Gasteiger partial charge in [0, 0.05) is 6.54 Å². The Hall–Kier alpha value is -2.22. The quantitative estimate of drug-likeness (QED) is 0.651. The third-order valence-corrected chi connectivity index (χ3v) is 3.24. The van der Waals surface area contributed by atoms with Crippen LogP contribution >= 0.6 is 15.9 Å². The van der Waals surface area contributed by atoms with Crippen LogP contribution in [0.3, 0.4) is 0 Å². The number of ether oxygens (including phenoxy) is 1. The van der Waals surface area contributed by atoms with Gasteiger partial charge in [-0.3, -0.25) is 10.1 Å². The summed E-state index contributed by atoms with van der Waals surface area (Å²) in [5.74, 6) is 0.652. The molecule has 1 aromatic heterocycles. The lowest BCUT2D eigenvalue weighted by Crippen LogP contribution is -2.07. The number of halogens is 1. The van der Waals surface area contributed by atoms with Crippen LogP contribution < -0.4 is 10.1 Å². The Labute approximate surface area is 129 Å². The molecule has 0 aliphatic heterocycles. The topological polar surface area (TPSA) is 90.2 Å². The fourth-order valence-electron chi connectivity index (χ4n) is 1.69. The number of rotatable bonds is 5. The number of para-hydroxylation sites is 1. The van der Waals surface area contributed by atoms with Gasteiger partial charge in [-0.2, -0.15) is 4.98 Å². The maximum Gasteiger partial charge on any atom is 0.352 e. The minimum atomic E-state index is -0.544. The van der Waals surface area contributed by atoms with Gasteiger partial charge in [0.2, 0.25) is 5.95 Å². The maximum absolute atomic E-state index is 11.2. The van der Waals surface area contributed by atoms with Crippen LogP contribution in [0, 0.1) is 17.0 Å². The summed E-state index contributed by atoms with van der Waals surface area (Å²) in [5.41, 5.74) is 0.000379. The highest BCUT2D eigenvalue weighted by atomic mass is 79.9. The Morgan fingerprint density at radius 3 is 2.71 bits per heavy atom. The molecule has 0 saturated carbocycles. The Morgan fingerprint density at radius 2 is 2.10 bits per heavy atom. The highest BCUT2D eigenvalue weighted by molar-refractivity contribution is 9.10. The van der Waals surface area contributed by atoms with Crippen molar-refractivity contribution in [3.63, 3.8) is 0 Å². The van der Waals surface area contributed by atoms with E-state index in [0.29, 0.717) is 22.7 Å². The zero-order chi connectivity index (χ0) is 15.4. The molecular weight excluding hydrogens is 340 g/mol. The van der Waals surface area contributed by atoms with Crippen LogP contribution in [0.2, 0.25) is 0 Å². The fourth-order valence-corrected chi connectivity index (χ4v) is 2.06. The minimum absolute atomic E-state index is 0.0876. The molecule has 0 radical (unpaired) electrons. The molecule has 0 saturated heterocycles. The van der Waals surface area contributed by atoms with Crippen molar-refractivity contribution in [3.8, 4) is 11.6 Å². The maximum atomic E-state index is 11.2. The molecule has 1 N–H and O–H groups in total. The van der Waals surface area contributed by atoms with Gasteiger partial charge in [-0.25, -0.2) is 4.98 Å². The normalized spacial score (nSPS) is 10.2. The van der Waals surface area contributed by atoms with E-state index in [1.54, 1.807) is 25.1 Å². The first kappa shape index (κ1) is 15.2. The Bertz CT molecular complexity index is 678. The van der Waals surface area contributed by atoms with Gasteiger partial charge in [0.05, 0.1) is 9.40 Å². The van der Waals surface area contributed by atoms with Gasteiger partial charge < -0.3 is 10.1 Å². The Kier molecular flexibility index (Phi) is 4.69. The zero-order valence-corrected chi connectivity index (χ0v) is 13.0. The van der Waals surface area contributed by atoms with E-state index in [9.17, 15) is 10.1 Å². The number of aromatic nitrogens is 2. The lowest BCUT2D eigenvalue weighted by Gasteiger charge is -2.10. The molecule has 0 spiro atoms. The van der Waals surface area contributed by atoms with Gasteiger partial charge >= 0.3 is 11.6 Å². The molecule has 0 aliphatic rings. The second-order valence-electron chi connectivity index (χ2n) is 4.11. The van der Waals surface area contributed by atoms with Crippen molar-refractivity contribution < 1.29 is 9.66 Å². The van der Waals surface area contributed by atoms with E-state index in [2.05, 4.69) is 31.2 Å². The van der Waals surface area contributed by atoms with Crippen LogP contribution in [0.1, 0.15) is 12.6 Å². The lowest BCUT2D eigenvalue weighted by molar-refractivity contribution is -0.386. The molecule has 0 bridgehead atoms. The van der Waals surface area contributed by atoms with Gasteiger partial charge in [0.15, 0.2) is 0 Å². The van der Waals surface area contributed by atoms with Crippen LogP contribution in [0.4, 0.5) is 11.6 Å². The Balaban J connectivity index is 2.49. The van der Waals surface area contributed by atoms with Crippen LogP contribution in [-0.4, -0.2) is 21.4 Å². The molecule has 0 fully saturated rings. The first-order valence-corrected chi connectivity index (χ1v) is 7.01. The average molecular weight is 353 g/mol. The first-order chi connectivity index (χ1) is 10.0. The van der Waals surface area contributed by atoms with Crippen molar-refractivity contribution in [2.75, 3.05) is 11.9 Å². The van der Waals surface area contributed by atoms with E-state index < -0.39 is 4.92 Å². The SMILES string of the molecule is CCNc1nc(C)c([N+](=O)[O-])c(Oc2ccccc2Br)n1. The molecule has 110 valence electrons. The zero-order valence-electron chi connectivity index (χ0n) is 11.5. The van der Waals surface area contributed by atoms with Crippen LogP contribution in [0.15, 0.2) is 28.7 Å². The highest BCUT2D eigenvalue weighted by Gasteiger charge is 2.24. The first-order valence-electron chi connectivity index (χ1n) is 6.22. The number of anilines is 1. The number of nitrogens with one attached hydrogen (secondary N) is 1. The minimum Gasteiger partial charge on any atom is -0.432 e. The molecular formula is C13H13BrN4O3. The van der Waals surface area contributed by atoms with Gasteiger partial charge in [0.25, 0.3) is 0 Å². The van der Waals surface area contributed by atoms with Crippen LogP contribution in [-0.2, 0) is 0 Å². The standard InChI is InChI=1S/C13H13BrN4O3/c1-3-15-13-16-8(2)11(18(19)20)12(17-13)21-10-7-5-4-6-9(10)14/h4-7H,3H2,1-2H3,(H,15,16,17). The molecule has 0 amide bonds. The monoisotopic (exact) mass is 352 g/mol. The number of hydrogen-bond donors (Lipinski definition) is 1. The summed E-state index contributed by atoms with van der Waals surface area (Å²) < 4.78 is 6.27. The molecule has 21 heavy (non-hydrogen) atoms. The second-order valence-corrected chi connectivity index (χ2v) is 4.96. The van der Waals surface area contributed by atoms with Crippen molar-refractivity contribution in [3.05, 3.63) is 44.5 Å². The van der Waals surface area contributed by atoms with E-state index >= 15 is 0 Å². The van der Waals surface area contributed by atoms with Crippen molar-refractivity contribution in [1.82, 2.24) is 9.97 Å². The van der Waals surface area contributed by atoms with Crippen molar-refractivity contribution >= 4 is 27.6 Å². The van der Waals surface area contributed by atoms with Crippen LogP contribution in [0.25, 0.3) is 0 Å². The number of nitrogens with zero attached hydrogens (tertiary/aromatic N) is 3. The predicted octanol–water partition coefficient (Wildman–Crippen LogP) is 3.68. The van der Waals surface area contributed by atoms with Gasteiger partial charge in [-0.15, -0.1) is 0 Å². The summed E-state index contributed by atoms with van der Waals surface area (Å²) in [4.78, 5) is 18.8. The summed E-state index contributed by atoms with van der Waals surface area (Å²) in [5, 5.41) is 14.1. The Morgan fingerprint density at radius 1 is 1.38 bits per heavy atom. The third kappa shape index (κ3) is 3.46. The average Bonchev–Trinajstić information content (AvgIpc) is 2.41. The molecule has 2 aromatic rings. The number of nitro groups is 1. The summed E-state index contributed by atoms with van der Waals surface area (Å²) in [6, 6.07) is 7.06. The van der Waals surface area contributed by atoms with Crippen LogP contribution in [0.5, 0.6) is 11.6 Å². The van der Waals surface area contributed by atoms with Gasteiger partial charge in [-0.05, 0) is 41.9 Å². The lowest BCUT2D eigenvalue weighted by atomic mass is 10.3. The molecule has 7 nitrogen and oxygen atoms in total. The van der Waals surface area contributed by atoms with Crippen molar-refractivity contribution in [2.45, 2.75) is 13.8 Å². The summed E-state index contributed by atoms with van der Waals surface area (Å²) in [7, 11) is 0. The third-order valence-electron chi connectivity index (χ3n) is 2.59. The number of aryl methyl sites for hydroxylation is 1. The highest BCUT2D eigenvalue weighted by Crippen LogP contribution is 2.35. The van der Waals surface area contributed by atoms with E-state index in [1.165, 1.54) is 0 Å². The molecule has 2 rings (SSSR count). The molecule has 8 heteroatoms. The predicted molar refractivity (Wildman–Crippen MR) is 81.8 cm³/mol. The van der Waals surface area contributed by atoms with Gasteiger partial charge in [-0.1, -0.05) is 12.1 Å². The second kappa shape index (κ2) is 6.49. The van der Waals surface area contributed by atoms with Gasteiger partial charge in [0.1, 0.15) is 11.4 Å². The molecule has 1 heterocycles. The fraction of sp³-hybridized carbons (Fsp3) is 0.231. The van der Waals surface area contributed by atoms with Crippen molar-refractivity contribution in [1.29, 1.82) is 0 Å². The molecule has 1 aromatic carbocycles. The van der Waals surface area contributed by atoms with E-state index in [-0.39, 0.29) is 17.3 Å². The summed E-state index contributed by atoms with van der Waals surface area (Å²) >= 11 is 3.33. The number of hydrogen-bond acceptors (Lipinski definition) is 6. The summed E-state index contributed by atoms with van der Waals surface area (Å²) in [6.45, 7) is 4.04. The summed E-state index contributed by atoms with van der Waals surface area (Å²) in [6.07, 6.45) is 0. The van der Waals surface area contributed by atoms with Crippen molar-refractivity contribution in [2.24, 2.45) is 0 Å². The molecule has 0 atom stereocenters.